The van der Waals surface area contributed by atoms with Gasteiger partial charge >= 0.3 is 6.18 Å². The molecule has 1 aromatic heterocycles. The van der Waals surface area contributed by atoms with Crippen LogP contribution in [0.3, 0.4) is 0 Å². The van der Waals surface area contributed by atoms with Crippen molar-refractivity contribution in [3.05, 3.63) is 21.3 Å². The van der Waals surface area contributed by atoms with Gasteiger partial charge < -0.3 is 0 Å². The highest BCUT2D eigenvalue weighted by atomic mass is 35.5. The van der Waals surface area contributed by atoms with Gasteiger partial charge in [-0.25, -0.2) is 0 Å². The normalized spacial score (nSPS) is 12.0. The second-order valence-corrected chi connectivity index (χ2v) is 3.80. The molecule has 0 aliphatic heterocycles. The van der Waals surface area contributed by atoms with Gasteiger partial charge in [0.2, 0.25) is 0 Å². The van der Waals surface area contributed by atoms with Gasteiger partial charge in [-0.3, -0.25) is 0 Å². The van der Waals surface area contributed by atoms with Gasteiger partial charge in [0.1, 0.15) is 0 Å². The van der Waals surface area contributed by atoms with Crippen LogP contribution in [0.4, 0.5) is 13.2 Å². The molecule has 1 aromatic rings. The molecule has 11 heavy (non-hydrogen) atoms. The summed E-state index contributed by atoms with van der Waals surface area (Å²) >= 11 is 6.40. The van der Waals surface area contributed by atoms with Crippen molar-refractivity contribution in [3.8, 4) is 0 Å². The van der Waals surface area contributed by atoms with E-state index in [9.17, 15) is 13.2 Å². The minimum atomic E-state index is -4.13. The fraction of sp³-hybridized carbons (Fsp3) is 0.333. The summed E-state index contributed by atoms with van der Waals surface area (Å²) < 4.78 is 35.5. The number of rotatable bonds is 1. The summed E-state index contributed by atoms with van der Waals surface area (Å²) in [6.07, 6.45) is -5.02. The Bertz CT molecular complexity index is 240. The first-order valence-corrected chi connectivity index (χ1v) is 3.98. The molecule has 0 atom stereocenters. The Hall–Kier alpha value is -0.220. The van der Waals surface area contributed by atoms with Crippen molar-refractivity contribution in [2.45, 2.75) is 12.6 Å². The van der Waals surface area contributed by atoms with Crippen molar-refractivity contribution in [2.24, 2.45) is 0 Å². The molecule has 0 radical (unpaired) electrons. The lowest BCUT2D eigenvalue weighted by molar-refractivity contribution is -0.126. The molecular weight excluding hydrogens is 197 g/mol. The van der Waals surface area contributed by atoms with Gasteiger partial charge in [-0.2, -0.15) is 13.2 Å². The highest BCUT2D eigenvalue weighted by molar-refractivity contribution is 7.16. The first kappa shape index (κ1) is 8.87. The Labute approximate surface area is 70.6 Å². The fourth-order valence-corrected chi connectivity index (χ4v) is 1.76. The summed E-state index contributed by atoms with van der Waals surface area (Å²) in [5, 5.41) is 0. The average molecular weight is 201 g/mol. The van der Waals surface area contributed by atoms with E-state index in [1.807, 2.05) is 0 Å². The molecule has 0 nitrogen and oxygen atoms in total. The minimum Gasteiger partial charge on any atom is -0.171 e. The quantitative estimate of drug-likeness (QED) is 0.651. The molecule has 1 heterocycles. The van der Waals surface area contributed by atoms with Crippen LogP contribution in [0.2, 0.25) is 4.34 Å². The molecule has 0 bridgehead atoms. The molecule has 0 fully saturated rings. The lowest BCUT2D eigenvalue weighted by Crippen LogP contribution is -2.09. The lowest BCUT2D eigenvalue weighted by atomic mass is 10.3. The molecule has 62 valence electrons. The predicted molar refractivity (Wildman–Crippen MR) is 39.1 cm³/mol. The van der Waals surface area contributed by atoms with E-state index >= 15 is 0 Å². The molecule has 5 heteroatoms. The number of hydrogen-bond acceptors (Lipinski definition) is 1. The van der Waals surface area contributed by atoms with Crippen LogP contribution in [0.1, 0.15) is 4.88 Å². The topological polar surface area (TPSA) is 0 Å². The Morgan fingerprint density at radius 1 is 1.36 bits per heavy atom. The number of alkyl halides is 3. The average Bonchev–Trinajstić information content (AvgIpc) is 2.10. The molecule has 0 N–H and O–H groups in total. The standard InChI is InChI=1S/C6H4ClF3S/c7-5-2-1-4(11-5)3-6(8,9)10/h1-2H,3H2. The predicted octanol–water partition coefficient (Wildman–Crippen LogP) is 3.51. The largest absolute Gasteiger partial charge is 0.393 e. The van der Waals surface area contributed by atoms with Crippen LogP contribution in [-0.2, 0) is 6.42 Å². The molecule has 0 spiro atoms. The van der Waals surface area contributed by atoms with Gasteiger partial charge in [-0.15, -0.1) is 11.3 Å². The minimum absolute atomic E-state index is 0.252. The summed E-state index contributed by atoms with van der Waals surface area (Å²) in [7, 11) is 0. The SMILES string of the molecule is FC(F)(F)Cc1ccc(Cl)s1. The van der Waals surface area contributed by atoms with Crippen molar-refractivity contribution >= 4 is 22.9 Å². The van der Waals surface area contributed by atoms with Gasteiger partial charge in [0.05, 0.1) is 10.8 Å². The summed E-state index contributed by atoms with van der Waals surface area (Å²) in [6, 6.07) is 2.85. The van der Waals surface area contributed by atoms with Crippen molar-refractivity contribution in [1.82, 2.24) is 0 Å². The van der Waals surface area contributed by atoms with Crippen molar-refractivity contribution < 1.29 is 13.2 Å². The van der Waals surface area contributed by atoms with Crippen LogP contribution >= 0.6 is 22.9 Å². The molecule has 0 amide bonds. The molecule has 0 saturated carbocycles. The molecule has 0 aliphatic rings. The van der Waals surface area contributed by atoms with Crippen LogP contribution < -0.4 is 0 Å². The smallest absolute Gasteiger partial charge is 0.171 e. The highest BCUT2D eigenvalue weighted by Gasteiger charge is 2.28. The zero-order valence-corrected chi connectivity index (χ0v) is 6.85. The summed E-state index contributed by atoms with van der Waals surface area (Å²) in [5.41, 5.74) is 0. The van der Waals surface area contributed by atoms with Crippen molar-refractivity contribution in [1.29, 1.82) is 0 Å². The summed E-state index contributed by atoms with van der Waals surface area (Å²) in [4.78, 5) is 0.252. The third-order valence-corrected chi connectivity index (χ3v) is 2.23. The first-order valence-electron chi connectivity index (χ1n) is 2.78. The Morgan fingerprint density at radius 3 is 2.36 bits per heavy atom. The van der Waals surface area contributed by atoms with Gasteiger partial charge in [0, 0.05) is 4.88 Å². The number of thiophene rings is 1. The van der Waals surface area contributed by atoms with E-state index < -0.39 is 12.6 Å². The molecule has 0 aromatic carbocycles. The maximum atomic E-state index is 11.7. The number of halogens is 4. The van der Waals surface area contributed by atoms with E-state index in [1.54, 1.807) is 0 Å². The lowest BCUT2D eigenvalue weighted by Gasteiger charge is -2.01. The summed E-state index contributed by atoms with van der Waals surface area (Å²) in [6.45, 7) is 0. The van der Waals surface area contributed by atoms with Gasteiger partial charge in [0.15, 0.2) is 0 Å². The first-order chi connectivity index (χ1) is 4.97. The van der Waals surface area contributed by atoms with Crippen LogP contribution in [0.25, 0.3) is 0 Å². The second kappa shape index (κ2) is 3.03. The summed E-state index contributed by atoms with van der Waals surface area (Å²) in [5.74, 6) is 0. The van der Waals surface area contributed by atoms with E-state index in [4.69, 9.17) is 11.6 Å². The van der Waals surface area contributed by atoms with Crippen LogP contribution in [-0.4, -0.2) is 6.18 Å². The van der Waals surface area contributed by atoms with Gasteiger partial charge in [-0.05, 0) is 12.1 Å². The highest BCUT2D eigenvalue weighted by Crippen LogP contribution is 2.28. The van der Waals surface area contributed by atoms with Crippen LogP contribution in [0.15, 0.2) is 12.1 Å². The Kier molecular flexibility index (Phi) is 2.44. The zero-order chi connectivity index (χ0) is 8.48. The monoisotopic (exact) mass is 200 g/mol. The third-order valence-electron chi connectivity index (χ3n) is 1.00. The molecule has 0 aliphatic carbocycles. The van der Waals surface area contributed by atoms with Gasteiger partial charge in [0.25, 0.3) is 0 Å². The number of hydrogen-bond donors (Lipinski definition) is 0. The van der Waals surface area contributed by atoms with Crippen molar-refractivity contribution in [3.63, 3.8) is 0 Å². The maximum Gasteiger partial charge on any atom is 0.393 e. The molecule has 0 saturated heterocycles. The maximum absolute atomic E-state index is 11.7. The second-order valence-electron chi connectivity index (χ2n) is 2.00. The molecule has 1 rings (SSSR count). The Balaban J connectivity index is 2.65. The van der Waals surface area contributed by atoms with Crippen molar-refractivity contribution in [2.75, 3.05) is 0 Å². The van der Waals surface area contributed by atoms with E-state index in [0.717, 1.165) is 11.3 Å². The fourth-order valence-electron chi connectivity index (χ4n) is 0.644. The van der Waals surface area contributed by atoms with Crippen LogP contribution in [0.5, 0.6) is 0 Å². The van der Waals surface area contributed by atoms with E-state index in [0.29, 0.717) is 4.34 Å². The Morgan fingerprint density at radius 2 is 2.00 bits per heavy atom. The molecule has 0 unspecified atom stereocenters. The van der Waals surface area contributed by atoms with E-state index in [-0.39, 0.29) is 4.88 Å². The van der Waals surface area contributed by atoms with Crippen LogP contribution in [0, 0.1) is 0 Å². The molecular formula is C6H4ClF3S. The zero-order valence-electron chi connectivity index (χ0n) is 5.28. The van der Waals surface area contributed by atoms with E-state index in [2.05, 4.69) is 0 Å². The third kappa shape index (κ3) is 3.12. The van der Waals surface area contributed by atoms with E-state index in [1.165, 1.54) is 12.1 Å². The van der Waals surface area contributed by atoms with Gasteiger partial charge in [-0.1, -0.05) is 11.6 Å².